The number of ether oxygens (including phenoxy) is 1. The van der Waals surface area contributed by atoms with E-state index in [0.717, 1.165) is 42.5 Å². The van der Waals surface area contributed by atoms with E-state index in [-0.39, 0.29) is 6.10 Å². The van der Waals surface area contributed by atoms with Crippen molar-refractivity contribution in [3.05, 3.63) is 71.6 Å². The summed E-state index contributed by atoms with van der Waals surface area (Å²) in [5.41, 5.74) is 2.60. The molecule has 2 heterocycles. The quantitative estimate of drug-likeness (QED) is 0.470. The van der Waals surface area contributed by atoms with Crippen molar-refractivity contribution in [2.75, 3.05) is 13.1 Å². The molecule has 8 nitrogen and oxygen atoms in total. The molecule has 1 aromatic heterocycles. The lowest BCUT2D eigenvalue weighted by atomic mass is 9.66. The number of aromatic nitrogens is 2. The number of benzene rings is 2. The van der Waals surface area contributed by atoms with E-state index in [1.807, 2.05) is 42.5 Å². The van der Waals surface area contributed by atoms with Crippen molar-refractivity contribution in [2.24, 2.45) is 0 Å². The smallest absolute Gasteiger partial charge is 0.450 e. The van der Waals surface area contributed by atoms with Crippen LogP contribution in [0.1, 0.15) is 49.1 Å². The maximum Gasteiger partial charge on any atom is 0.506 e. The highest BCUT2D eigenvalue weighted by Crippen LogP contribution is 2.40. The molecular weight excluding hydrogens is 446 g/mol. The number of carbonyl (C=O) groups is 2. The standard InChI is InChI=1S/C27H29N3O5/c31-23-8-4-5-14-27(23,21-6-2-1-3-7-21)15-13-24-28-25(29-35-24)20-11-9-19(10-12-20)16-30-17-22(18-30)34-26(32)33/h1-3,6-7,9-12,22H,4-5,8,13-18H2,(H,32,33). The summed E-state index contributed by atoms with van der Waals surface area (Å²) in [4.78, 5) is 30.4. The van der Waals surface area contributed by atoms with E-state index in [1.165, 1.54) is 0 Å². The van der Waals surface area contributed by atoms with Gasteiger partial charge in [-0.25, -0.2) is 4.79 Å². The third-order valence-corrected chi connectivity index (χ3v) is 7.16. The van der Waals surface area contributed by atoms with Gasteiger partial charge in [-0.2, -0.15) is 4.98 Å². The second-order valence-corrected chi connectivity index (χ2v) is 9.49. The molecular formula is C27H29N3O5. The van der Waals surface area contributed by atoms with Gasteiger partial charge < -0.3 is 14.4 Å². The Kier molecular flexibility index (Phi) is 6.63. The molecule has 0 radical (unpaired) electrons. The van der Waals surface area contributed by atoms with Crippen molar-refractivity contribution in [1.82, 2.24) is 15.0 Å². The zero-order chi connectivity index (χ0) is 24.3. The Morgan fingerprint density at radius 3 is 2.60 bits per heavy atom. The lowest BCUT2D eigenvalue weighted by Gasteiger charge is -2.37. The first kappa shape index (κ1) is 23.2. The van der Waals surface area contributed by atoms with Gasteiger partial charge in [0.15, 0.2) is 0 Å². The summed E-state index contributed by atoms with van der Waals surface area (Å²) >= 11 is 0. The van der Waals surface area contributed by atoms with Crippen molar-refractivity contribution in [1.29, 1.82) is 0 Å². The summed E-state index contributed by atoms with van der Waals surface area (Å²) in [5.74, 6) is 1.39. The van der Waals surface area contributed by atoms with Gasteiger partial charge in [-0.15, -0.1) is 0 Å². The maximum atomic E-state index is 13.1. The fourth-order valence-corrected chi connectivity index (χ4v) is 5.24. The molecule has 182 valence electrons. The molecule has 1 unspecified atom stereocenters. The molecule has 0 bridgehead atoms. The van der Waals surface area contributed by atoms with Gasteiger partial charge in [0.25, 0.3) is 0 Å². The summed E-state index contributed by atoms with van der Waals surface area (Å²) in [5, 5.41) is 12.8. The van der Waals surface area contributed by atoms with Crippen molar-refractivity contribution in [2.45, 2.75) is 56.6 Å². The summed E-state index contributed by atoms with van der Waals surface area (Å²) in [7, 11) is 0. The topological polar surface area (TPSA) is 106 Å². The average molecular weight is 476 g/mol. The predicted molar refractivity (Wildman–Crippen MR) is 128 cm³/mol. The first-order chi connectivity index (χ1) is 17.0. The third kappa shape index (κ3) is 5.12. The lowest BCUT2D eigenvalue weighted by Crippen LogP contribution is -2.52. The fourth-order valence-electron chi connectivity index (χ4n) is 5.24. The Balaban J connectivity index is 1.21. The van der Waals surface area contributed by atoms with Gasteiger partial charge in [0, 0.05) is 38.0 Å². The highest BCUT2D eigenvalue weighted by Gasteiger charge is 2.41. The monoisotopic (exact) mass is 475 g/mol. The number of rotatable bonds is 8. The van der Waals surface area contributed by atoms with Crippen LogP contribution < -0.4 is 0 Å². The minimum Gasteiger partial charge on any atom is -0.450 e. The number of hydrogen-bond acceptors (Lipinski definition) is 7. The highest BCUT2D eigenvalue weighted by molar-refractivity contribution is 5.90. The summed E-state index contributed by atoms with van der Waals surface area (Å²) in [6, 6.07) is 18.1. The molecule has 2 aromatic carbocycles. The minimum atomic E-state index is -1.22. The number of Topliss-reactive ketones (excluding diaryl/α,β-unsaturated/α-hetero) is 1. The van der Waals surface area contributed by atoms with Crippen LogP contribution in [0.25, 0.3) is 11.4 Å². The maximum absolute atomic E-state index is 13.1. The van der Waals surface area contributed by atoms with Gasteiger partial charge in [0.2, 0.25) is 11.7 Å². The number of aryl methyl sites for hydroxylation is 1. The normalized spacial score (nSPS) is 21.0. The molecule has 5 rings (SSSR count). The molecule has 1 N–H and O–H groups in total. The first-order valence-corrected chi connectivity index (χ1v) is 12.1. The van der Waals surface area contributed by atoms with Crippen LogP contribution in [0, 0.1) is 0 Å². The Hall–Kier alpha value is -3.52. The molecule has 1 aliphatic carbocycles. The average Bonchev–Trinajstić information content (AvgIpc) is 3.32. The summed E-state index contributed by atoms with van der Waals surface area (Å²) in [6.45, 7) is 1.94. The van der Waals surface area contributed by atoms with E-state index in [1.54, 1.807) is 0 Å². The Labute approximate surface area is 203 Å². The second kappa shape index (κ2) is 10.00. The first-order valence-electron chi connectivity index (χ1n) is 12.1. The van der Waals surface area contributed by atoms with Gasteiger partial charge in [-0.3, -0.25) is 9.69 Å². The molecule has 1 saturated carbocycles. The van der Waals surface area contributed by atoms with E-state index < -0.39 is 11.6 Å². The predicted octanol–water partition coefficient (Wildman–Crippen LogP) is 4.63. The molecule has 1 atom stereocenters. The van der Waals surface area contributed by atoms with Crippen molar-refractivity contribution in [3.8, 4) is 11.4 Å². The molecule has 2 fully saturated rings. The summed E-state index contributed by atoms with van der Waals surface area (Å²) < 4.78 is 10.3. The van der Waals surface area contributed by atoms with Gasteiger partial charge in [-0.1, -0.05) is 66.2 Å². The van der Waals surface area contributed by atoms with Gasteiger partial charge in [0.05, 0.1) is 5.41 Å². The molecule has 1 aliphatic heterocycles. The van der Waals surface area contributed by atoms with Crippen LogP contribution in [0.3, 0.4) is 0 Å². The van der Waals surface area contributed by atoms with Crippen LogP contribution in [-0.2, 0) is 27.9 Å². The third-order valence-electron chi connectivity index (χ3n) is 7.16. The minimum absolute atomic E-state index is 0.241. The Bertz CT molecular complexity index is 1170. The van der Waals surface area contributed by atoms with Gasteiger partial charge in [-0.05, 0) is 30.4 Å². The van der Waals surface area contributed by atoms with Crippen LogP contribution >= 0.6 is 0 Å². The van der Waals surface area contributed by atoms with Crippen LogP contribution in [0.4, 0.5) is 4.79 Å². The molecule has 2 aliphatic rings. The molecule has 0 amide bonds. The van der Waals surface area contributed by atoms with E-state index in [0.29, 0.717) is 49.9 Å². The lowest BCUT2D eigenvalue weighted by molar-refractivity contribution is -0.126. The Morgan fingerprint density at radius 1 is 1.11 bits per heavy atom. The van der Waals surface area contributed by atoms with Crippen LogP contribution in [0.5, 0.6) is 0 Å². The van der Waals surface area contributed by atoms with Crippen molar-refractivity contribution < 1.29 is 24.0 Å². The molecule has 0 spiro atoms. The molecule has 8 heteroatoms. The number of ketones is 1. The van der Waals surface area contributed by atoms with E-state index >= 15 is 0 Å². The number of hydrogen-bond donors (Lipinski definition) is 1. The molecule has 35 heavy (non-hydrogen) atoms. The second-order valence-electron chi connectivity index (χ2n) is 9.49. The van der Waals surface area contributed by atoms with Gasteiger partial charge >= 0.3 is 6.16 Å². The van der Waals surface area contributed by atoms with Crippen LogP contribution in [-0.4, -0.2) is 51.3 Å². The number of nitrogens with zero attached hydrogens (tertiary/aromatic N) is 3. The van der Waals surface area contributed by atoms with Crippen LogP contribution in [0.2, 0.25) is 0 Å². The number of likely N-dealkylation sites (tertiary alicyclic amines) is 1. The molecule has 3 aromatic rings. The SMILES string of the molecule is O=C(O)OC1CN(Cc2ccc(-c3noc(CCC4(c5ccccc5)CCCCC4=O)n3)cc2)C1. The fraction of sp³-hybridized carbons (Fsp3) is 0.407. The van der Waals surface area contributed by atoms with Crippen LogP contribution in [0.15, 0.2) is 59.1 Å². The molecule has 1 saturated heterocycles. The van der Waals surface area contributed by atoms with Crippen molar-refractivity contribution in [3.63, 3.8) is 0 Å². The van der Waals surface area contributed by atoms with E-state index in [9.17, 15) is 9.59 Å². The van der Waals surface area contributed by atoms with E-state index in [2.05, 4.69) is 27.2 Å². The summed E-state index contributed by atoms with van der Waals surface area (Å²) in [6.07, 6.45) is 3.25. The van der Waals surface area contributed by atoms with E-state index in [4.69, 9.17) is 14.4 Å². The number of carboxylic acid groups (broad SMARTS) is 1. The van der Waals surface area contributed by atoms with Crippen molar-refractivity contribution >= 4 is 11.9 Å². The largest absolute Gasteiger partial charge is 0.506 e. The Morgan fingerprint density at radius 2 is 1.89 bits per heavy atom. The highest BCUT2D eigenvalue weighted by atomic mass is 16.7. The van der Waals surface area contributed by atoms with Gasteiger partial charge in [0.1, 0.15) is 11.9 Å². The number of carbonyl (C=O) groups excluding carboxylic acids is 1. The zero-order valence-electron chi connectivity index (χ0n) is 19.6. The zero-order valence-corrected chi connectivity index (χ0v) is 19.6.